The second-order valence-electron chi connectivity index (χ2n) is 7.94. The Labute approximate surface area is 140 Å². The summed E-state index contributed by atoms with van der Waals surface area (Å²) in [6, 6.07) is 3.05. The Morgan fingerprint density at radius 3 is 2.71 bits per heavy atom. The van der Waals surface area contributed by atoms with E-state index in [0.29, 0.717) is 12.2 Å². The van der Waals surface area contributed by atoms with Crippen LogP contribution in [0.25, 0.3) is 0 Å². The van der Waals surface area contributed by atoms with E-state index in [0.717, 1.165) is 0 Å². The number of nitrogens with zero attached hydrogens (tertiary/aromatic N) is 1. The quantitative estimate of drug-likeness (QED) is 0.744. The van der Waals surface area contributed by atoms with Crippen LogP contribution in [0.5, 0.6) is 0 Å². The summed E-state index contributed by atoms with van der Waals surface area (Å²) in [7, 11) is 0. The fourth-order valence-electron chi connectivity index (χ4n) is 5.65. The van der Waals surface area contributed by atoms with Crippen molar-refractivity contribution in [2.24, 2.45) is 17.3 Å². The van der Waals surface area contributed by atoms with E-state index < -0.39 is 11.0 Å². The second-order valence-corrected chi connectivity index (χ2v) is 7.94. The van der Waals surface area contributed by atoms with E-state index in [1.807, 2.05) is 43.9 Å². The molecule has 1 amide bonds. The van der Waals surface area contributed by atoms with E-state index in [2.05, 4.69) is 6.08 Å². The molecule has 0 radical (unpaired) electrons. The lowest BCUT2D eigenvalue weighted by atomic mass is 9.65. The summed E-state index contributed by atoms with van der Waals surface area (Å²) in [4.78, 5) is 28.4. The maximum atomic E-state index is 13.5. The molecule has 5 rings (SSSR count). The zero-order chi connectivity index (χ0) is 16.9. The Hall–Kier alpha value is -1.88. The van der Waals surface area contributed by atoms with E-state index in [1.54, 1.807) is 6.26 Å². The minimum absolute atomic E-state index is 0.00943. The average molecular weight is 327 g/mol. The second kappa shape index (κ2) is 4.20. The van der Waals surface area contributed by atoms with Crippen molar-refractivity contribution < 1.29 is 18.7 Å². The summed E-state index contributed by atoms with van der Waals surface area (Å²) in [5, 5.41) is 0. The first-order valence-electron chi connectivity index (χ1n) is 8.68. The third-order valence-electron chi connectivity index (χ3n) is 6.80. The van der Waals surface area contributed by atoms with Crippen molar-refractivity contribution in [2.75, 3.05) is 0 Å². The first-order chi connectivity index (χ1) is 11.4. The van der Waals surface area contributed by atoms with Gasteiger partial charge in [0.1, 0.15) is 17.1 Å². The van der Waals surface area contributed by atoms with Gasteiger partial charge in [-0.3, -0.25) is 9.59 Å². The van der Waals surface area contributed by atoms with Crippen LogP contribution >= 0.6 is 0 Å². The van der Waals surface area contributed by atoms with E-state index in [4.69, 9.17) is 9.15 Å². The standard InChI is InChI=1S/C19H21NO4/c1-10-14(13-5-4-8-23-13)20-16(11(2)15(10)21)19-7-6-12(24-19)9-18(19,3)17(20)22/h4-8,10-12,14,16H,9H2,1-3H3/t10-,11-,12+,14+,16-,18-,19+/m0/s1. The van der Waals surface area contributed by atoms with Crippen LogP contribution < -0.4 is 0 Å². The van der Waals surface area contributed by atoms with Gasteiger partial charge in [0.25, 0.3) is 0 Å². The van der Waals surface area contributed by atoms with Crippen LogP contribution in [0.15, 0.2) is 35.0 Å². The highest BCUT2D eigenvalue weighted by Crippen LogP contribution is 2.64. The zero-order valence-corrected chi connectivity index (χ0v) is 14.1. The van der Waals surface area contributed by atoms with Gasteiger partial charge in [0, 0.05) is 11.8 Å². The highest BCUT2D eigenvalue weighted by molar-refractivity contribution is 5.95. The van der Waals surface area contributed by atoms with Crippen molar-refractivity contribution in [3.8, 4) is 0 Å². The van der Waals surface area contributed by atoms with Crippen LogP contribution in [0.4, 0.5) is 0 Å². The first kappa shape index (κ1) is 14.5. The smallest absolute Gasteiger partial charge is 0.233 e. The molecule has 4 aliphatic heterocycles. The van der Waals surface area contributed by atoms with Crippen LogP contribution in [0.2, 0.25) is 0 Å². The van der Waals surface area contributed by atoms with E-state index in [-0.39, 0.29) is 41.7 Å². The molecule has 4 aliphatic rings. The summed E-state index contributed by atoms with van der Waals surface area (Å²) in [5.41, 5.74) is -1.28. The summed E-state index contributed by atoms with van der Waals surface area (Å²) in [5.74, 6) is 0.410. The molecule has 0 aliphatic carbocycles. The molecule has 5 heteroatoms. The molecule has 2 bridgehead atoms. The van der Waals surface area contributed by atoms with Gasteiger partial charge in [0.2, 0.25) is 5.91 Å². The molecule has 24 heavy (non-hydrogen) atoms. The number of ether oxygens (including phenoxy) is 1. The van der Waals surface area contributed by atoms with Gasteiger partial charge in [-0.2, -0.15) is 0 Å². The van der Waals surface area contributed by atoms with Gasteiger partial charge >= 0.3 is 0 Å². The molecule has 0 aromatic carbocycles. The number of carbonyl (C=O) groups is 2. The van der Waals surface area contributed by atoms with Gasteiger partial charge in [-0.15, -0.1) is 0 Å². The number of amides is 1. The van der Waals surface area contributed by atoms with Crippen LogP contribution in [-0.2, 0) is 14.3 Å². The number of piperidine rings is 1. The summed E-state index contributed by atoms with van der Waals surface area (Å²) in [6.07, 6.45) is 6.38. The van der Waals surface area contributed by atoms with E-state index >= 15 is 0 Å². The minimum atomic E-state index is -0.686. The molecular formula is C19H21NO4. The van der Waals surface area contributed by atoms with Crippen molar-refractivity contribution in [1.29, 1.82) is 0 Å². The van der Waals surface area contributed by atoms with Gasteiger partial charge in [0.15, 0.2) is 0 Å². The highest BCUT2D eigenvalue weighted by Gasteiger charge is 2.76. The van der Waals surface area contributed by atoms with Crippen LogP contribution in [0.1, 0.15) is 39.0 Å². The molecule has 3 fully saturated rings. The molecule has 1 spiro atoms. The highest BCUT2D eigenvalue weighted by atomic mass is 16.5. The lowest BCUT2D eigenvalue weighted by molar-refractivity contribution is -0.151. The lowest BCUT2D eigenvalue weighted by Crippen LogP contribution is -2.58. The number of rotatable bonds is 1. The monoisotopic (exact) mass is 327 g/mol. The maximum Gasteiger partial charge on any atom is 0.233 e. The predicted octanol–water partition coefficient (Wildman–Crippen LogP) is 2.49. The van der Waals surface area contributed by atoms with Crippen molar-refractivity contribution in [3.63, 3.8) is 0 Å². The van der Waals surface area contributed by atoms with Crippen molar-refractivity contribution in [3.05, 3.63) is 36.3 Å². The molecule has 3 saturated heterocycles. The number of furan rings is 1. The lowest BCUT2D eigenvalue weighted by Gasteiger charge is -2.46. The van der Waals surface area contributed by atoms with Crippen LogP contribution in [-0.4, -0.2) is 34.3 Å². The Morgan fingerprint density at radius 1 is 1.25 bits per heavy atom. The topological polar surface area (TPSA) is 59.8 Å². The number of hydrogen-bond donors (Lipinski definition) is 0. The van der Waals surface area contributed by atoms with Gasteiger partial charge in [0.05, 0.1) is 29.9 Å². The number of Topliss-reactive ketones (excluding diaryl/α,β-unsaturated/α-hetero) is 1. The molecule has 0 saturated carbocycles. The summed E-state index contributed by atoms with van der Waals surface area (Å²) >= 11 is 0. The van der Waals surface area contributed by atoms with E-state index in [1.165, 1.54) is 0 Å². The largest absolute Gasteiger partial charge is 0.467 e. The van der Waals surface area contributed by atoms with Crippen LogP contribution in [0, 0.1) is 17.3 Å². The fraction of sp³-hybridized carbons (Fsp3) is 0.579. The number of carbonyl (C=O) groups excluding carboxylic acids is 2. The Morgan fingerprint density at radius 2 is 2.04 bits per heavy atom. The van der Waals surface area contributed by atoms with Gasteiger partial charge in [-0.1, -0.05) is 26.0 Å². The third kappa shape index (κ3) is 1.34. The first-order valence-corrected chi connectivity index (χ1v) is 8.68. The molecule has 126 valence electrons. The molecule has 0 N–H and O–H groups in total. The van der Waals surface area contributed by atoms with Crippen molar-refractivity contribution in [2.45, 2.75) is 51.0 Å². The van der Waals surface area contributed by atoms with Gasteiger partial charge < -0.3 is 14.1 Å². The van der Waals surface area contributed by atoms with Crippen molar-refractivity contribution >= 4 is 11.7 Å². The van der Waals surface area contributed by atoms with Crippen molar-refractivity contribution in [1.82, 2.24) is 4.90 Å². The molecule has 7 atom stereocenters. The Bertz CT molecular complexity index is 768. The number of ketones is 1. The predicted molar refractivity (Wildman–Crippen MR) is 84.9 cm³/mol. The molecule has 5 heterocycles. The molecular weight excluding hydrogens is 306 g/mol. The zero-order valence-electron chi connectivity index (χ0n) is 14.1. The van der Waals surface area contributed by atoms with Gasteiger partial charge in [-0.25, -0.2) is 0 Å². The van der Waals surface area contributed by atoms with Crippen LogP contribution in [0.3, 0.4) is 0 Å². The summed E-state index contributed by atoms with van der Waals surface area (Å²) in [6.45, 7) is 5.83. The third-order valence-corrected chi connectivity index (χ3v) is 6.80. The fourth-order valence-corrected chi connectivity index (χ4v) is 5.65. The Kier molecular flexibility index (Phi) is 2.53. The SMILES string of the molecule is C[C@@H]1C(=O)[C@H](C)[C@@H]2N(C(=O)[C@]3(C)C[C@H]4C=C[C@@]23O4)[C@H]1c1ccco1. The minimum Gasteiger partial charge on any atom is -0.467 e. The maximum absolute atomic E-state index is 13.5. The van der Waals surface area contributed by atoms with E-state index in [9.17, 15) is 9.59 Å². The molecule has 5 nitrogen and oxygen atoms in total. The summed E-state index contributed by atoms with van der Waals surface area (Å²) < 4.78 is 11.9. The molecule has 0 unspecified atom stereocenters. The Balaban J connectivity index is 1.72. The number of fused-ring (bicyclic) bond motifs is 2. The molecule has 1 aromatic rings. The average Bonchev–Trinajstić information content (AvgIpc) is 3.29. The number of hydrogen-bond acceptors (Lipinski definition) is 4. The van der Waals surface area contributed by atoms with Gasteiger partial charge in [-0.05, 0) is 25.5 Å². The normalized spacial score (nSPS) is 49.0. The molecule has 1 aromatic heterocycles.